The van der Waals surface area contributed by atoms with E-state index in [4.69, 9.17) is 5.11 Å². The van der Waals surface area contributed by atoms with Crippen molar-refractivity contribution in [3.8, 4) is 0 Å². The fourth-order valence-corrected chi connectivity index (χ4v) is 2.91. The van der Waals surface area contributed by atoms with Gasteiger partial charge in [-0.1, -0.05) is 20.3 Å². The van der Waals surface area contributed by atoms with Gasteiger partial charge in [0.15, 0.2) is 0 Å². The molecule has 108 valence electrons. The van der Waals surface area contributed by atoms with Gasteiger partial charge in [-0.25, -0.2) is 0 Å². The molecule has 2 N–H and O–H groups in total. The molecule has 0 radical (unpaired) electrons. The highest BCUT2D eigenvalue weighted by Gasteiger charge is 2.25. The topological polar surface area (TPSA) is 50.1 Å². The molecule has 3 unspecified atom stereocenters. The van der Waals surface area contributed by atoms with Gasteiger partial charge in [-0.2, -0.15) is 5.10 Å². The number of aliphatic hydroxyl groups is 1. The number of hydrogen-bond donors (Lipinski definition) is 2. The highest BCUT2D eigenvalue weighted by Crippen LogP contribution is 2.30. The first kappa shape index (κ1) is 14.5. The molecule has 0 aliphatic heterocycles. The Morgan fingerprint density at radius 1 is 1.53 bits per heavy atom. The summed E-state index contributed by atoms with van der Waals surface area (Å²) < 4.78 is 1.97. The molecule has 1 heterocycles. The van der Waals surface area contributed by atoms with Crippen molar-refractivity contribution in [3.63, 3.8) is 0 Å². The van der Waals surface area contributed by atoms with E-state index in [0.29, 0.717) is 24.5 Å². The maximum Gasteiger partial charge on any atom is 0.0644 e. The van der Waals surface area contributed by atoms with Crippen molar-refractivity contribution in [3.05, 3.63) is 17.5 Å². The molecule has 0 saturated carbocycles. The van der Waals surface area contributed by atoms with E-state index < -0.39 is 0 Å². The summed E-state index contributed by atoms with van der Waals surface area (Å²) in [6.45, 7) is 7.60. The van der Waals surface area contributed by atoms with E-state index in [1.165, 1.54) is 30.5 Å². The van der Waals surface area contributed by atoms with E-state index in [0.717, 1.165) is 6.42 Å². The highest BCUT2D eigenvalue weighted by molar-refractivity contribution is 5.25. The van der Waals surface area contributed by atoms with Crippen LogP contribution in [0.2, 0.25) is 0 Å². The van der Waals surface area contributed by atoms with Gasteiger partial charge in [-0.15, -0.1) is 0 Å². The summed E-state index contributed by atoms with van der Waals surface area (Å²) in [4.78, 5) is 0. The van der Waals surface area contributed by atoms with Gasteiger partial charge in [0.05, 0.1) is 19.3 Å². The zero-order valence-corrected chi connectivity index (χ0v) is 12.4. The Morgan fingerprint density at radius 2 is 2.32 bits per heavy atom. The van der Waals surface area contributed by atoms with E-state index in [1.54, 1.807) is 0 Å². The van der Waals surface area contributed by atoms with Gasteiger partial charge in [0.2, 0.25) is 0 Å². The van der Waals surface area contributed by atoms with Crippen molar-refractivity contribution < 1.29 is 5.11 Å². The quantitative estimate of drug-likeness (QED) is 0.829. The number of nitrogens with one attached hydrogen (secondary N) is 1. The molecule has 3 atom stereocenters. The van der Waals surface area contributed by atoms with E-state index in [9.17, 15) is 0 Å². The molecule has 1 aliphatic rings. The molecular formula is C15H27N3O. The maximum atomic E-state index is 9.08. The summed E-state index contributed by atoms with van der Waals surface area (Å²) in [6.07, 6.45) is 6.68. The van der Waals surface area contributed by atoms with E-state index in [-0.39, 0.29) is 6.61 Å². The number of hydrogen-bond acceptors (Lipinski definition) is 3. The lowest BCUT2D eigenvalue weighted by molar-refractivity contribution is 0.265. The minimum atomic E-state index is 0.162. The van der Waals surface area contributed by atoms with Crippen LogP contribution in [-0.2, 0) is 13.0 Å². The Balaban J connectivity index is 2.09. The zero-order chi connectivity index (χ0) is 13.8. The monoisotopic (exact) mass is 265 g/mol. The molecule has 0 spiro atoms. The van der Waals surface area contributed by atoms with Crippen LogP contribution in [0.4, 0.5) is 0 Å². The van der Waals surface area contributed by atoms with Gasteiger partial charge < -0.3 is 10.4 Å². The largest absolute Gasteiger partial charge is 0.394 e. The third-order valence-electron chi connectivity index (χ3n) is 4.54. The fraction of sp³-hybridized carbons (Fsp3) is 0.800. The van der Waals surface area contributed by atoms with Crippen molar-refractivity contribution in [2.75, 3.05) is 6.61 Å². The predicted molar refractivity (Wildman–Crippen MR) is 77.0 cm³/mol. The molecule has 0 amide bonds. The van der Waals surface area contributed by atoms with Crippen LogP contribution in [0.3, 0.4) is 0 Å². The zero-order valence-electron chi connectivity index (χ0n) is 12.4. The first-order valence-electron chi connectivity index (χ1n) is 7.58. The Bertz CT molecular complexity index is 402. The summed E-state index contributed by atoms with van der Waals surface area (Å²) >= 11 is 0. The number of aliphatic hydroxyl groups excluding tert-OH is 1. The molecule has 0 saturated heterocycles. The molecule has 1 aromatic rings. The second-order valence-electron chi connectivity index (χ2n) is 5.78. The van der Waals surface area contributed by atoms with E-state index in [2.05, 4.69) is 31.2 Å². The van der Waals surface area contributed by atoms with Crippen molar-refractivity contribution >= 4 is 0 Å². The Hall–Kier alpha value is -0.870. The van der Waals surface area contributed by atoms with E-state index >= 15 is 0 Å². The van der Waals surface area contributed by atoms with Crippen molar-refractivity contribution in [1.29, 1.82) is 0 Å². The lowest BCUT2D eigenvalue weighted by atomic mass is 9.91. The van der Waals surface area contributed by atoms with Gasteiger partial charge in [0, 0.05) is 23.3 Å². The van der Waals surface area contributed by atoms with Crippen molar-refractivity contribution in [2.24, 2.45) is 5.92 Å². The molecule has 0 bridgehead atoms. The minimum Gasteiger partial charge on any atom is -0.394 e. The van der Waals surface area contributed by atoms with Crippen LogP contribution in [0.1, 0.15) is 57.3 Å². The number of fused-ring (bicyclic) bond motifs is 1. The summed E-state index contributed by atoms with van der Waals surface area (Å²) in [5.41, 5.74) is 2.66. The van der Waals surface area contributed by atoms with Crippen LogP contribution in [-0.4, -0.2) is 27.5 Å². The first-order valence-corrected chi connectivity index (χ1v) is 7.58. The van der Waals surface area contributed by atoms with Crippen LogP contribution >= 0.6 is 0 Å². The smallest absolute Gasteiger partial charge is 0.0644 e. The normalized spacial score (nSPS) is 22.0. The molecule has 0 aromatic carbocycles. The van der Waals surface area contributed by atoms with Crippen LogP contribution in [0, 0.1) is 5.92 Å². The summed E-state index contributed by atoms with van der Waals surface area (Å²) in [7, 11) is 0. The average molecular weight is 265 g/mol. The maximum absolute atomic E-state index is 9.08. The number of rotatable bonds is 6. The van der Waals surface area contributed by atoms with Crippen LogP contribution < -0.4 is 5.32 Å². The Labute approximate surface area is 116 Å². The third-order valence-corrected chi connectivity index (χ3v) is 4.54. The first-order chi connectivity index (χ1) is 9.17. The van der Waals surface area contributed by atoms with Gasteiger partial charge in [-0.05, 0) is 32.1 Å². The lowest BCUT2D eigenvalue weighted by Gasteiger charge is -2.30. The van der Waals surface area contributed by atoms with Gasteiger partial charge in [0.1, 0.15) is 0 Å². The van der Waals surface area contributed by atoms with Crippen LogP contribution in [0.5, 0.6) is 0 Å². The Morgan fingerprint density at radius 3 is 3.00 bits per heavy atom. The number of nitrogens with zero attached hydrogens (tertiary/aromatic N) is 2. The molecular weight excluding hydrogens is 238 g/mol. The second-order valence-corrected chi connectivity index (χ2v) is 5.78. The molecule has 2 rings (SSSR count). The minimum absolute atomic E-state index is 0.162. The molecule has 0 fully saturated rings. The molecule has 1 aliphatic carbocycles. The summed E-state index contributed by atoms with van der Waals surface area (Å²) in [5, 5.41) is 17.3. The summed E-state index contributed by atoms with van der Waals surface area (Å²) in [5.74, 6) is 0.692. The van der Waals surface area contributed by atoms with Crippen molar-refractivity contribution in [2.45, 2.75) is 65.1 Å². The fourth-order valence-electron chi connectivity index (χ4n) is 2.91. The number of aromatic nitrogens is 2. The third kappa shape index (κ3) is 3.18. The SMILES string of the molecule is CCC(C)C(C)NC1CCCc2c1cnn2CCO. The summed E-state index contributed by atoms with van der Waals surface area (Å²) in [6, 6.07) is 0.960. The molecule has 4 nitrogen and oxygen atoms in total. The highest BCUT2D eigenvalue weighted by atomic mass is 16.3. The molecule has 1 aromatic heterocycles. The lowest BCUT2D eigenvalue weighted by Crippen LogP contribution is -2.36. The Kier molecular flexibility index (Phi) is 4.99. The molecule has 19 heavy (non-hydrogen) atoms. The van der Waals surface area contributed by atoms with Crippen LogP contribution in [0.25, 0.3) is 0 Å². The standard InChI is InChI=1S/C15H27N3O/c1-4-11(2)12(3)17-14-6-5-7-15-13(14)10-16-18(15)8-9-19/h10-12,14,17,19H,4-9H2,1-3H3. The van der Waals surface area contributed by atoms with Gasteiger partial charge >= 0.3 is 0 Å². The second kappa shape index (κ2) is 6.53. The van der Waals surface area contributed by atoms with Crippen molar-refractivity contribution in [1.82, 2.24) is 15.1 Å². The van der Waals surface area contributed by atoms with Gasteiger partial charge in [-0.3, -0.25) is 4.68 Å². The average Bonchev–Trinajstić information content (AvgIpc) is 2.83. The van der Waals surface area contributed by atoms with Gasteiger partial charge in [0.25, 0.3) is 0 Å². The predicted octanol–water partition coefficient (Wildman–Crippen LogP) is 2.28. The molecule has 4 heteroatoms. The van der Waals surface area contributed by atoms with E-state index in [1.807, 2.05) is 10.9 Å². The van der Waals surface area contributed by atoms with Crippen LogP contribution in [0.15, 0.2) is 6.20 Å².